The van der Waals surface area contributed by atoms with Crippen molar-refractivity contribution >= 4 is 40.1 Å². The van der Waals surface area contributed by atoms with Gasteiger partial charge in [-0.3, -0.25) is 4.98 Å². The van der Waals surface area contributed by atoms with E-state index in [0.717, 1.165) is 30.7 Å². The Labute approximate surface area is 153 Å². The summed E-state index contributed by atoms with van der Waals surface area (Å²) < 4.78 is 0. The smallest absolute Gasteiger partial charge is 0.128 e. The molecule has 0 amide bonds. The fourth-order valence-electron chi connectivity index (χ4n) is 2.39. The zero-order chi connectivity index (χ0) is 17.1. The molecule has 2 aromatic carbocycles. The van der Waals surface area contributed by atoms with E-state index in [4.69, 9.17) is 5.73 Å². The highest BCUT2D eigenvalue weighted by Crippen LogP contribution is 2.38. The quantitative estimate of drug-likeness (QED) is 0.520. The highest BCUT2D eigenvalue weighted by atomic mass is 32.2. The van der Waals surface area contributed by atoms with Crippen LogP contribution in [0.15, 0.2) is 93.0 Å². The van der Waals surface area contributed by atoms with E-state index in [0.29, 0.717) is 5.69 Å². The number of fused-ring (bicyclic) bond motifs is 1. The highest BCUT2D eigenvalue weighted by Gasteiger charge is 2.12. The maximum Gasteiger partial charge on any atom is 0.128 e. The van der Waals surface area contributed by atoms with E-state index >= 15 is 0 Å². The van der Waals surface area contributed by atoms with Gasteiger partial charge in [-0.1, -0.05) is 59.9 Å². The molecule has 25 heavy (non-hydrogen) atoms. The van der Waals surface area contributed by atoms with Crippen molar-refractivity contribution < 1.29 is 0 Å². The van der Waals surface area contributed by atoms with Crippen LogP contribution in [0.5, 0.6) is 0 Å². The van der Waals surface area contributed by atoms with Gasteiger partial charge in [-0.05, 0) is 24.3 Å². The Kier molecular flexibility index (Phi) is 4.54. The molecule has 4 rings (SSSR count). The molecule has 2 N–H and O–H groups in total. The number of hydrogen-bond acceptors (Lipinski definition) is 6. The molecule has 4 nitrogen and oxygen atoms in total. The van der Waals surface area contributed by atoms with E-state index in [1.54, 1.807) is 12.5 Å². The zero-order valence-corrected chi connectivity index (χ0v) is 14.8. The topological polar surface area (TPSA) is 64.7 Å². The molecule has 0 unspecified atom stereocenters. The molecule has 2 heterocycles. The number of benzene rings is 2. The summed E-state index contributed by atoms with van der Waals surface area (Å²) in [5, 5.41) is 2.60. The molecule has 2 aromatic heterocycles. The molecule has 4 aromatic rings. The van der Waals surface area contributed by atoms with E-state index in [-0.39, 0.29) is 0 Å². The van der Waals surface area contributed by atoms with Crippen LogP contribution in [-0.4, -0.2) is 15.0 Å². The largest absolute Gasteiger partial charge is 0.394 e. The molecule has 0 aliphatic heterocycles. The van der Waals surface area contributed by atoms with Crippen molar-refractivity contribution in [2.75, 3.05) is 5.73 Å². The van der Waals surface area contributed by atoms with Gasteiger partial charge in [0.15, 0.2) is 0 Å². The lowest BCUT2D eigenvalue weighted by atomic mass is 10.2. The standard InChI is InChI=1S/C19H14N4S2/c20-16-18(24-14-8-2-1-3-9-14)22-12-23-19(16)25-15-10-4-6-13-7-5-11-21-17(13)15/h1-12H,20H2. The van der Waals surface area contributed by atoms with Crippen molar-refractivity contribution in [3.05, 3.63) is 73.2 Å². The van der Waals surface area contributed by atoms with E-state index < -0.39 is 0 Å². The average Bonchev–Trinajstić information content (AvgIpc) is 2.66. The minimum absolute atomic E-state index is 0.592. The van der Waals surface area contributed by atoms with Crippen LogP contribution >= 0.6 is 23.5 Å². The first kappa shape index (κ1) is 15.9. The number of aromatic nitrogens is 3. The Morgan fingerprint density at radius 3 is 2.32 bits per heavy atom. The summed E-state index contributed by atoms with van der Waals surface area (Å²) in [6.07, 6.45) is 3.36. The van der Waals surface area contributed by atoms with Crippen molar-refractivity contribution in [2.45, 2.75) is 19.8 Å². The second-order valence-corrected chi connectivity index (χ2v) is 7.34. The number of anilines is 1. The Bertz CT molecular complexity index is 1020. The van der Waals surface area contributed by atoms with Gasteiger partial charge in [0.05, 0.1) is 11.2 Å². The molecular weight excluding hydrogens is 348 g/mol. The summed E-state index contributed by atoms with van der Waals surface area (Å²) in [4.78, 5) is 15.3. The molecule has 0 bridgehead atoms. The number of pyridine rings is 1. The fourth-order valence-corrected chi connectivity index (χ4v) is 4.21. The van der Waals surface area contributed by atoms with Gasteiger partial charge in [0.25, 0.3) is 0 Å². The van der Waals surface area contributed by atoms with Gasteiger partial charge in [-0.25, -0.2) is 9.97 Å². The van der Waals surface area contributed by atoms with Crippen molar-refractivity contribution in [1.29, 1.82) is 0 Å². The van der Waals surface area contributed by atoms with Crippen LogP contribution in [0, 0.1) is 0 Å². The summed E-state index contributed by atoms with van der Waals surface area (Å²) in [7, 11) is 0. The van der Waals surface area contributed by atoms with Gasteiger partial charge in [0.2, 0.25) is 0 Å². The number of para-hydroxylation sites is 1. The maximum absolute atomic E-state index is 6.34. The minimum Gasteiger partial charge on any atom is -0.394 e. The van der Waals surface area contributed by atoms with Crippen molar-refractivity contribution in [2.24, 2.45) is 0 Å². The molecular formula is C19H14N4S2. The normalized spacial score (nSPS) is 10.9. The van der Waals surface area contributed by atoms with Gasteiger partial charge in [-0.15, -0.1) is 0 Å². The lowest BCUT2D eigenvalue weighted by molar-refractivity contribution is 0.975. The van der Waals surface area contributed by atoms with Crippen LogP contribution < -0.4 is 5.73 Å². The first-order valence-electron chi connectivity index (χ1n) is 7.66. The van der Waals surface area contributed by atoms with Crippen LogP contribution in [0.2, 0.25) is 0 Å². The van der Waals surface area contributed by atoms with E-state index in [1.807, 2.05) is 60.7 Å². The second-order valence-electron chi connectivity index (χ2n) is 5.25. The SMILES string of the molecule is Nc1c(Sc2ccccc2)ncnc1Sc1cccc2cccnc12. The van der Waals surface area contributed by atoms with Crippen molar-refractivity contribution in [1.82, 2.24) is 15.0 Å². The number of rotatable bonds is 4. The number of nitrogens with two attached hydrogens (primary N) is 1. The second kappa shape index (κ2) is 7.13. The Morgan fingerprint density at radius 1 is 0.720 bits per heavy atom. The lowest BCUT2D eigenvalue weighted by Gasteiger charge is -2.09. The Balaban J connectivity index is 1.68. The fraction of sp³-hybridized carbons (Fsp3) is 0. The maximum atomic E-state index is 6.34. The monoisotopic (exact) mass is 362 g/mol. The molecule has 0 saturated carbocycles. The first-order valence-corrected chi connectivity index (χ1v) is 9.29. The number of nitrogen functional groups attached to an aromatic ring is 1. The van der Waals surface area contributed by atoms with Gasteiger partial charge < -0.3 is 5.73 Å². The van der Waals surface area contributed by atoms with Crippen LogP contribution in [0.4, 0.5) is 5.69 Å². The molecule has 0 radical (unpaired) electrons. The summed E-state index contributed by atoms with van der Waals surface area (Å²) in [5.74, 6) is 0. The van der Waals surface area contributed by atoms with E-state index in [1.165, 1.54) is 23.5 Å². The molecule has 0 aliphatic rings. The van der Waals surface area contributed by atoms with Crippen LogP contribution in [0.1, 0.15) is 0 Å². The number of nitrogens with zero attached hydrogens (tertiary/aromatic N) is 3. The average molecular weight is 362 g/mol. The summed E-state index contributed by atoms with van der Waals surface area (Å²) in [6, 6.07) is 20.1. The lowest BCUT2D eigenvalue weighted by Crippen LogP contribution is -1.97. The molecule has 0 aliphatic carbocycles. The molecule has 0 spiro atoms. The Morgan fingerprint density at radius 2 is 1.48 bits per heavy atom. The highest BCUT2D eigenvalue weighted by molar-refractivity contribution is 8.00. The van der Waals surface area contributed by atoms with Gasteiger partial charge in [0.1, 0.15) is 16.4 Å². The van der Waals surface area contributed by atoms with Gasteiger partial charge in [0, 0.05) is 21.4 Å². The summed E-state index contributed by atoms with van der Waals surface area (Å²) in [5.41, 5.74) is 7.88. The molecule has 0 fully saturated rings. The third-order valence-electron chi connectivity index (χ3n) is 3.57. The predicted molar refractivity (Wildman–Crippen MR) is 103 cm³/mol. The molecule has 6 heteroatoms. The minimum atomic E-state index is 0.592. The zero-order valence-electron chi connectivity index (χ0n) is 13.2. The Hall–Kier alpha value is -2.57. The summed E-state index contributed by atoms with van der Waals surface area (Å²) >= 11 is 3.05. The van der Waals surface area contributed by atoms with E-state index in [2.05, 4.69) is 15.0 Å². The molecule has 0 atom stereocenters. The van der Waals surface area contributed by atoms with E-state index in [9.17, 15) is 0 Å². The number of hydrogen-bond donors (Lipinski definition) is 1. The van der Waals surface area contributed by atoms with Crippen LogP contribution in [0.25, 0.3) is 10.9 Å². The summed E-state index contributed by atoms with van der Waals surface area (Å²) in [6.45, 7) is 0. The van der Waals surface area contributed by atoms with Crippen molar-refractivity contribution in [3.8, 4) is 0 Å². The molecule has 0 saturated heterocycles. The van der Waals surface area contributed by atoms with Crippen LogP contribution in [0.3, 0.4) is 0 Å². The molecule has 122 valence electrons. The predicted octanol–water partition coefficient (Wildman–Crippen LogP) is 4.91. The van der Waals surface area contributed by atoms with Gasteiger partial charge in [-0.2, -0.15) is 0 Å². The first-order chi connectivity index (χ1) is 12.3. The van der Waals surface area contributed by atoms with Crippen LogP contribution in [-0.2, 0) is 0 Å². The third kappa shape index (κ3) is 3.45. The van der Waals surface area contributed by atoms with Crippen molar-refractivity contribution in [3.63, 3.8) is 0 Å². The third-order valence-corrected chi connectivity index (χ3v) is 5.67. The van der Waals surface area contributed by atoms with Gasteiger partial charge >= 0.3 is 0 Å².